The Morgan fingerprint density at radius 2 is 2.07 bits per heavy atom. The van der Waals surface area contributed by atoms with Crippen molar-refractivity contribution >= 4 is 44.9 Å². The van der Waals surface area contributed by atoms with Crippen LogP contribution in [0.5, 0.6) is 0 Å². The maximum atomic E-state index is 11.8. The molecule has 0 spiro atoms. The van der Waals surface area contributed by atoms with Gasteiger partial charge in [-0.05, 0) is 24.6 Å². The SMILES string of the molecule is C[s+]1c2c(c3c1N1CCN(C(=O)[O-])C1CN(c1ccccc1Cl)C3)CC=C2. The highest BCUT2D eigenvalue weighted by Gasteiger charge is 2.45. The first-order valence-corrected chi connectivity index (χ1v) is 11.1. The Morgan fingerprint density at radius 3 is 2.85 bits per heavy atom. The molecule has 0 saturated carbocycles. The standard InChI is InChI=1S/C20H20ClN3O2S/c1-27-17-8-4-5-13(17)14-11-22(16-7-3-2-6-15(16)21)12-18-23(19(14)27)9-10-24(18)20(25)26/h2-4,6-8,18H,5,9-12H2,1H3. The van der Waals surface area contributed by atoms with Gasteiger partial charge in [0.1, 0.15) is 18.5 Å². The van der Waals surface area contributed by atoms with Gasteiger partial charge >= 0.3 is 0 Å². The largest absolute Gasteiger partial charge is 0.530 e. The number of carbonyl (C=O) groups excluding carboxylic acids is 1. The molecule has 1 saturated heterocycles. The Balaban J connectivity index is 1.67. The first-order chi connectivity index (χ1) is 13.1. The minimum absolute atomic E-state index is 0.0226. The van der Waals surface area contributed by atoms with E-state index in [4.69, 9.17) is 11.6 Å². The van der Waals surface area contributed by atoms with E-state index < -0.39 is 6.09 Å². The summed E-state index contributed by atoms with van der Waals surface area (Å²) in [6.45, 7) is 2.54. The third-order valence-electron chi connectivity index (χ3n) is 5.85. The van der Waals surface area contributed by atoms with E-state index >= 15 is 0 Å². The van der Waals surface area contributed by atoms with E-state index in [1.54, 1.807) is 0 Å². The van der Waals surface area contributed by atoms with Gasteiger partial charge in [0, 0.05) is 29.1 Å². The zero-order chi connectivity index (χ0) is 18.7. The predicted molar refractivity (Wildman–Crippen MR) is 108 cm³/mol. The number of hydrogen-bond acceptors (Lipinski definition) is 4. The van der Waals surface area contributed by atoms with Crippen molar-refractivity contribution < 1.29 is 9.90 Å². The molecule has 2 aromatic rings. The van der Waals surface area contributed by atoms with Gasteiger partial charge in [0.05, 0.1) is 29.4 Å². The number of carboxylic acid groups (broad SMARTS) is 1. The van der Waals surface area contributed by atoms with E-state index in [1.807, 2.05) is 24.3 Å². The van der Waals surface area contributed by atoms with E-state index in [0.29, 0.717) is 18.1 Å². The predicted octanol–water partition coefficient (Wildman–Crippen LogP) is 3.01. The summed E-state index contributed by atoms with van der Waals surface area (Å²) in [6.07, 6.45) is 6.37. The summed E-state index contributed by atoms with van der Waals surface area (Å²) in [5.74, 6) is 0. The summed E-state index contributed by atoms with van der Waals surface area (Å²) < 4.78 is 0. The molecule has 3 heterocycles. The second-order valence-corrected chi connectivity index (χ2v) is 9.46. The average Bonchev–Trinajstić information content (AvgIpc) is 3.30. The lowest BCUT2D eigenvalue weighted by atomic mass is 10.1. The molecule has 0 N–H and O–H groups in total. The van der Waals surface area contributed by atoms with Crippen LogP contribution in [0.2, 0.25) is 5.02 Å². The number of amides is 1. The second-order valence-electron chi connectivity index (χ2n) is 7.21. The molecular weight excluding hydrogens is 382 g/mol. The first-order valence-electron chi connectivity index (χ1n) is 9.09. The third kappa shape index (κ3) is 2.47. The molecule has 1 aromatic carbocycles. The summed E-state index contributed by atoms with van der Waals surface area (Å²) in [6, 6.07) is 7.80. The normalized spacial score (nSPS) is 21.2. The fraction of sp³-hybridized carbons (Fsp3) is 0.350. The molecule has 1 fully saturated rings. The molecule has 7 heteroatoms. The Labute approximate surface area is 166 Å². The number of halogens is 1. The van der Waals surface area contributed by atoms with E-state index in [2.05, 4.69) is 28.2 Å². The van der Waals surface area contributed by atoms with Gasteiger partial charge in [-0.1, -0.05) is 29.8 Å². The minimum atomic E-state index is -1.10. The number of nitrogens with zero attached hydrogens (tertiary/aromatic N) is 3. The fourth-order valence-electron chi connectivity index (χ4n) is 4.65. The molecule has 2 aliphatic heterocycles. The number of anilines is 2. The molecule has 5 nitrogen and oxygen atoms in total. The zero-order valence-electron chi connectivity index (χ0n) is 15.0. The van der Waals surface area contributed by atoms with Crippen LogP contribution in [0.1, 0.15) is 16.0 Å². The summed E-state index contributed by atoms with van der Waals surface area (Å²) in [7, 11) is -0.0226. The molecule has 1 aromatic heterocycles. The van der Waals surface area contributed by atoms with Gasteiger partial charge in [-0.15, -0.1) is 0 Å². The summed E-state index contributed by atoms with van der Waals surface area (Å²) in [5.41, 5.74) is 3.72. The van der Waals surface area contributed by atoms with Crippen molar-refractivity contribution in [2.75, 3.05) is 29.4 Å². The quantitative estimate of drug-likeness (QED) is 0.689. The molecular formula is C20H20ClN3O2S. The van der Waals surface area contributed by atoms with Crippen molar-refractivity contribution in [2.24, 2.45) is 6.26 Å². The maximum Gasteiger partial charge on any atom is 0.250 e. The summed E-state index contributed by atoms with van der Waals surface area (Å²) >= 11 is 6.50. The zero-order valence-corrected chi connectivity index (χ0v) is 16.6. The number of para-hydroxylation sites is 1. The Hall–Kier alpha value is -2.18. The minimum Gasteiger partial charge on any atom is -0.530 e. The topological polar surface area (TPSA) is 49.9 Å². The van der Waals surface area contributed by atoms with Gasteiger partial charge < -0.3 is 24.6 Å². The molecule has 1 aliphatic carbocycles. The Kier molecular flexibility index (Phi) is 3.88. The van der Waals surface area contributed by atoms with E-state index in [1.165, 1.54) is 25.9 Å². The molecule has 5 rings (SSSR count). The van der Waals surface area contributed by atoms with Crippen molar-refractivity contribution in [1.82, 2.24) is 4.90 Å². The van der Waals surface area contributed by atoms with Gasteiger partial charge in [-0.25, -0.2) is 0 Å². The van der Waals surface area contributed by atoms with Crippen molar-refractivity contribution in [3.63, 3.8) is 0 Å². The van der Waals surface area contributed by atoms with Gasteiger partial charge in [-0.2, -0.15) is 0 Å². The Morgan fingerprint density at radius 1 is 1.26 bits per heavy atom. The number of fused-ring (bicyclic) bond motifs is 5. The van der Waals surface area contributed by atoms with Crippen LogP contribution in [-0.4, -0.2) is 36.8 Å². The molecule has 2 atom stereocenters. The highest BCUT2D eigenvalue weighted by Crippen LogP contribution is 2.50. The average molecular weight is 402 g/mol. The molecule has 2 unspecified atom stereocenters. The highest BCUT2D eigenvalue weighted by atomic mass is 35.5. The number of carbonyl (C=O) groups is 1. The fourth-order valence-corrected chi connectivity index (χ4v) is 7.11. The van der Waals surface area contributed by atoms with Gasteiger partial charge in [0.15, 0.2) is 4.88 Å². The second kappa shape index (κ2) is 6.17. The van der Waals surface area contributed by atoms with Crippen LogP contribution < -0.4 is 14.9 Å². The number of hydrogen-bond donors (Lipinski definition) is 0. The number of thiophene rings is 1. The van der Waals surface area contributed by atoms with Gasteiger partial charge in [0.25, 0.3) is 0 Å². The van der Waals surface area contributed by atoms with Crippen molar-refractivity contribution in [1.29, 1.82) is 0 Å². The van der Waals surface area contributed by atoms with Crippen molar-refractivity contribution in [3.8, 4) is 0 Å². The van der Waals surface area contributed by atoms with E-state index in [9.17, 15) is 9.90 Å². The van der Waals surface area contributed by atoms with E-state index in [0.717, 1.165) is 25.2 Å². The highest BCUT2D eigenvalue weighted by molar-refractivity contribution is 7.34. The number of allylic oxidation sites excluding steroid dienone is 1. The van der Waals surface area contributed by atoms with E-state index in [-0.39, 0.29) is 16.6 Å². The van der Waals surface area contributed by atoms with Crippen LogP contribution >= 0.6 is 22.1 Å². The van der Waals surface area contributed by atoms with Crippen molar-refractivity contribution in [3.05, 3.63) is 51.4 Å². The molecule has 1 amide bonds. The third-order valence-corrected chi connectivity index (χ3v) is 8.28. The molecule has 140 valence electrons. The molecule has 3 aliphatic rings. The van der Waals surface area contributed by atoms with Crippen LogP contribution in [0.4, 0.5) is 15.5 Å². The van der Waals surface area contributed by atoms with Crippen LogP contribution in [0.3, 0.4) is 0 Å². The van der Waals surface area contributed by atoms with Crippen molar-refractivity contribution in [2.45, 2.75) is 19.1 Å². The molecule has 0 radical (unpaired) electrons. The van der Waals surface area contributed by atoms with Crippen LogP contribution in [0.25, 0.3) is 6.08 Å². The van der Waals surface area contributed by atoms with Gasteiger partial charge in [-0.3, -0.25) is 0 Å². The van der Waals surface area contributed by atoms with Crippen LogP contribution in [0, 0.1) is 0 Å². The summed E-state index contributed by atoms with van der Waals surface area (Å²) in [4.78, 5) is 19.2. The first kappa shape index (κ1) is 17.0. The smallest absolute Gasteiger partial charge is 0.250 e. The maximum absolute atomic E-state index is 11.8. The van der Waals surface area contributed by atoms with Crippen LogP contribution in [-0.2, 0) is 19.2 Å². The van der Waals surface area contributed by atoms with Crippen LogP contribution in [0.15, 0.2) is 30.3 Å². The number of rotatable bonds is 1. The summed E-state index contributed by atoms with van der Waals surface area (Å²) in [5, 5.41) is 13.8. The Bertz CT molecular complexity index is 970. The lowest BCUT2D eigenvalue weighted by Gasteiger charge is -2.34. The lowest BCUT2D eigenvalue weighted by molar-refractivity contribution is -0.266. The molecule has 27 heavy (non-hydrogen) atoms. The molecule has 0 bridgehead atoms. The van der Waals surface area contributed by atoms with Gasteiger partial charge in [0.2, 0.25) is 5.00 Å². The lowest BCUT2D eigenvalue weighted by Crippen LogP contribution is -2.52. The number of benzene rings is 1. The monoisotopic (exact) mass is 401 g/mol.